The molecule has 0 heterocycles. The molecule has 0 amide bonds. The maximum Gasteiger partial charge on any atom is 0.342 e. The molecule has 3 nitrogen and oxygen atoms in total. The summed E-state index contributed by atoms with van der Waals surface area (Å²) in [5.41, 5.74) is 0.859. The van der Waals surface area contributed by atoms with Crippen LogP contribution in [0.25, 0.3) is 0 Å². The first-order chi connectivity index (χ1) is 9.90. The van der Waals surface area contributed by atoms with E-state index in [-0.39, 0.29) is 22.9 Å². The molecule has 2 fully saturated rings. The van der Waals surface area contributed by atoms with Crippen LogP contribution in [0.3, 0.4) is 0 Å². The second-order valence-electron chi connectivity index (χ2n) is 7.20. The Morgan fingerprint density at radius 2 is 1.95 bits per heavy atom. The summed E-state index contributed by atoms with van der Waals surface area (Å²) in [6.07, 6.45) is 3.41. The molecule has 0 saturated heterocycles. The Balaban J connectivity index is 1.81. The van der Waals surface area contributed by atoms with E-state index in [4.69, 9.17) is 9.47 Å². The molecule has 0 N–H and O–H groups in total. The first-order valence-electron chi connectivity index (χ1n) is 7.74. The quantitative estimate of drug-likeness (QED) is 0.787. The van der Waals surface area contributed by atoms with Crippen molar-refractivity contribution in [3.63, 3.8) is 0 Å². The molecular formula is C18H24O3. The van der Waals surface area contributed by atoms with Gasteiger partial charge >= 0.3 is 5.97 Å². The van der Waals surface area contributed by atoms with Crippen LogP contribution >= 0.6 is 0 Å². The number of carbonyl (C=O) groups excluding carboxylic acids is 1. The van der Waals surface area contributed by atoms with Gasteiger partial charge in [0.15, 0.2) is 0 Å². The lowest BCUT2D eigenvalue weighted by molar-refractivity contribution is -0.0244. The molecular weight excluding hydrogens is 264 g/mol. The van der Waals surface area contributed by atoms with E-state index in [1.54, 1.807) is 19.2 Å². The number of methoxy groups -OCH3 is 1. The highest BCUT2D eigenvalue weighted by Gasteiger charge is 2.62. The molecule has 0 radical (unpaired) electrons. The normalized spacial score (nSPS) is 33.0. The topological polar surface area (TPSA) is 35.5 Å². The van der Waals surface area contributed by atoms with Gasteiger partial charge in [0, 0.05) is 5.41 Å². The van der Waals surface area contributed by atoms with E-state index in [2.05, 4.69) is 20.8 Å². The van der Waals surface area contributed by atoms with E-state index >= 15 is 0 Å². The third kappa shape index (κ3) is 1.97. The maximum atomic E-state index is 12.5. The van der Waals surface area contributed by atoms with Crippen LogP contribution in [0.15, 0.2) is 24.3 Å². The fourth-order valence-electron chi connectivity index (χ4n) is 4.31. The molecule has 2 aliphatic rings. The number of rotatable bonds is 3. The molecule has 2 aliphatic carbocycles. The van der Waals surface area contributed by atoms with Gasteiger partial charge in [-0.25, -0.2) is 4.79 Å². The zero-order chi connectivity index (χ0) is 15.3. The van der Waals surface area contributed by atoms with E-state index in [0.717, 1.165) is 12.8 Å². The second-order valence-corrected chi connectivity index (χ2v) is 7.20. The number of carbonyl (C=O) groups is 1. The van der Waals surface area contributed by atoms with Crippen molar-refractivity contribution in [1.29, 1.82) is 0 Å². The predicted octanol–water partition coefficient (Wildman–Crippen LogP) is 4.07. The smallest absolute Gasteiger partial charge is 0.342 e. The Bertz CT molecular complexity index is 563. The number of hydrogen-bond acceptors (Lipinski definition) is 3. The summed E-state index contributed by atoms with van der Waals surface area (Å²) in [6, 6.07) is 7.26. The number of para-hydroxylation sites is 1. The molecule has 21 heavy (non-hydrogen) atoms. The summed E-state index contributed by atoms with van der Waals surface area (Å²) >= 11 is 0. The van der Waals surface area contributed by atoms with Crippen molar-refractivity contribution in [3.8, 4) is 5.75 Å². The minimum Gasteiger partial charge on any atom is -0.496 e. The second kappa shape index (κ2) is 4.75. The van der Waals surface area contributed by atoms with Crippen LogP contribution in [-0.2, 0) is 4.74 Å². The molecule has 2 unspecified atom stereocenters. The van der Waals surface area contributed by atoms with Gasteiger partial charge in [-0.15, -0.1) is 0 Å². The van der Waals surface area contributed by atoms with Gasteiger partial charge in [0.1, 0.15) is 17.4 Å². The van der Waals surface area contributed by atoms with Crippen LogP contribution in [0.5, 0.6) is 5.75 Å². The Labute approximate surface area is 126 Å². The molecule has 0 aliphatic heterocycles. The number of esters is 1. The number of hydrogen-bond donors (Lipinski definition) is 0. The zero-order valence-corrected chi connectivity index (χ0v) is 13.3. The van der Waals surface area contributed by atoms with Gasteiger partial charge in [-0.2, -0.15) is 0 Å². The van der Waals surface area contributed by atoms with Crippen molar-refractivity contribution in [3.05, 3.63) is 29.8 Å². The van der Waals surface area contributed by atoms with Gasteiger partial charge in [0.05, 0.1) is 7.11 Å². The lowest BCUT2D eigenvalue weighted by atomic mass is 9.70. The Kier molecular flexibility index (Phi) is 3.27. The highest BCUT2D eigenvalue weighted by molar-refractivity contribution is 5.92. The lowest BCUT2D eigenvalue weighted by Crippen LogP contribution is -2.38. The average molecular weight is 288 g/mol. The third-order valence-corrected chi connectivity index (χ3v) is 6.29. The van der Waals surface area contributed by atoms with Gasteiger partial charge in [0.25, 0.3) is 0 Å². The van der Waals surface area contributed by atoms with Crippen molar-refractivity contribution in [2.24, 2.45) is 16.7 Å². The summed E-state index contributed by atoms with van der Waals surface area (Å²) in [4.78, 5) is 12.5. The van der Waals surface area contributed by atoms with Crippen LogP contribution < -0.4 is 4.74 Å². The molecule has 2 saturated carbocycles. The highest BCUT2D eigenvalue weighted by Crippen LogP contribution is 2.66. The van der Waals surface area contributed by atoms with E-state index < -0.39 is 0 Å². The molecule has 114 valence electrons. The molecule has 1 aromatic carbocycles. The predicted molar refractivity (Wildman–Crippen MR) is 81.4 cm³/mol. The van der Waals surface area contributed by atoms with E-state index in [9.17, 15) is 4.79 Å². The molecule has 3 heteroatoms. The van der Waals surface area contributed by atoms with Crippen LogP contribution in [0, 0.1) is 16.7 Å². The van der Waals surface area contributed by atoms with Crippen LogP contribution in [0.2, 0.25) is 0 Å². The summed E-state index contributed by atoms with van der Waals surface area (Å²) in [6.45, 7) is 6.92. The largest absolute Gasteiger partial charge is 0.496 e. The minimum atomic E-state index is -0.262. The molecule has 3 atom stereocenters. The average Bonchev–Trinajstić information content (AvgIpc) is 2.80. The van der Waals surface area contributed by atoms with Crippen LogP contribution in [-0.4, -0.2) is 19.2 Å². The van der Waals surface area contributed by atoms with Crippen molar-refractivity contribution < 1.29 is 14.3 Å². The van der Waals surface area contributed by atoms with Crippen molar-refractivity contribution in [2.75, 3.05) is 7.11 Å². The number of fused-ring (bicyclic) bond motifs is 2. The van der Waals surface area contributed by atoms with Crippen molar-refractivity contribution >= 4 is 5.97 Å². The molecule has 0 aromatic heterocycles. The molecule has 1 aromatic rings. The summed E-state index contributed by atoms with van der Waals surface area (Å²) < 4.78 is 11.2. The van der Waals surface area contributed by atoms with E-state index in [0.29, 0.717) is 17.2 Å². The Morgan fingerprint density at radius 3 is 2.52 bits per heavy atom. The molecule has 0 spiro atoms. The van der Waals surface area contributed by atoms with Crippen molar-refractivity contribution in [2.45, 2.75) is 46.1 Å². The van der Waals surface area contributed by atoms with E-state index in [1.165, 1.54) is 6.42 Å². The number of benzene rings is 1. The first kappa shape index (κ1) is 14.4. The van der Waals surface area contributed by atoms with Crippen LogP contribution in [0.4, 0.5) is 0 Å². The summed E-state index contributed by atoms with van der Waals surface area (Å²) in [5, 5.41) is 0. The minimum absolute atomic E-state index is 0.0173. The maximum absolute atomic E-state index is 12.5. The van der Waals surface area contributed by atoms with E-state index in [1.807, 2.05) is 12.1 Å². The zero-order valence-electron chi connectivity index (χ0n) is 13.3. The highest BCUT2D eigenvalue weighted by atomic mass is 16.5. The third-order valence-electron chi connectivity index (χ3n) is 6.29. The summed E-state index contributed by atoms with van der Waals surface area (Å²) in [5.74, 6) is 0.982. The standard InChI is InChI=1S/C18H24O3/c1-17(2)12-9-10-18(17,3)15(11-12)21-16(19)13-7-5-6-8-14(13)20-4/h5-8,12,15H,9-11H2,1-4H3/t12?,15-,18?/m1/s1. The first-order valence-corrected chi connectivity index (χ1v) is 7.74. The van der Waals surface area contributed by atoms with Crippen LogP contribution in [0.1, 0.15) is 50.4 Å². The van der Waals surface area contributed by atoms with Gasteiger partial charge in [-0.05, 0) is 42.7 Å². The van der Waals surface area contributed by atoms with Gasteiger partial charge in [-0.3, -0.25) is 0 Å². The fourth-order valence-corrected chi connectivity index (χ4v) is 4.31. The lowest BCUT2D eigenvalue weighted by Gasteiger charge is -2.38. The van der Waals surface area contributed by atoms with Gasteiger partial charge in [-0.1, -0.05) is 32.9 Å². The molecule has 2 bridgehead atoms. The number of ether oxygens (including phenoxy) is 2. The van der Waals surface area contributed by atoms with Crippen molar-refractivity contribution in [1.82, 2.24) is 0 Å². The van der Waals surface area contributed by atoms with Gasteiger partial charge < -0.3 is 9.47 Å². The fraction of sp³-hybridized carbons (Fsp3) is 0.611. The molecule has 3 rings (SSSR count). The Hall–Kier alpha value is -1.51. The summed E-state index contributed by atoms with van der Waals surface area (Å²) in [7, 11) is 1.58. The Morgan fingerprint density at radius 1 is 1.24 bits per heavy atom. The monoisotopic (exact) mass is 288 g/mol. The van der Waals surface area contributed by atoms with Gasteiger partial charge in [0.2, 0.25) is 0 Å². The SMILES string of the molecule is COc1ccccc1C(=O)O[C@@H]1CC2CCC1(C)C2(C)C.